The summed E-state index contributed by atoms with van der Waals surface area (Å²) in [5.74, 6) is -0.716. The average Bonchev–Trinajstić information content (AvgIpc) is 2.84. The lowest BCUT2D eigenvalue weighted by atomic mass is 9.98. The maximum absolute atomic E-state index is 13.6. The van der Waals surface area contributed by atoms with Gasteiger partial charge in [0.2, 0.25) is 11.7 Å². The number of benzene rings is 1. The van der Waals surface area contributed by atoms with Gasteiger partial charge in [-0.3, -0.25) is 4.79 Å². The van der Waals surface area contributed by atoms with E-state index in [0.717, 1.165) is 18.4 Å². The van der Waals surface area contributed by atoms with Crippen molar-refractivity contribution in [1.29, 1.82) is 5.26 Å². The number of amides is 1. The van der Waals surface area contributed by atoms with Gasteiger partial charge in [0.05, 0.1) is 11.6 Å². The van der Waals surface area contributed by atoms with Crippen LogP contribution in [0.15, 0.2) is 30.3 Å². The molecule has 0 unspecified atom stereocenters. The zero-order valence-corrected chi connectivity index (χ0v) is 20.1. The van der Waals surface area contributed by atoms with Crippen LogP contribution in [0.25, 0.3) is 0 Å². The molecule has 2 aliphatic heterocycles. The minimum absolute atomic E-state index is 0.116. The minimum Gasteiger partial charge on any atom is -0.384 e. The van der Waals surface area contributed by atoms with Gasteiger partial charge in [0, 0.05) is 46.0 Å². The van der Waals surface area contributed by atoms with Gasteiger partial charge in [-0.25, -0.2) is 9.97 Å². The zero-order valence-electron chi connectivity index (χ0n) is 20.1. The first-order valence-corrected chi connectivity index (χ1v) is 12.0. The standard InChI is InChI=1S/C25H29F3N6O2/c1-36-16-19-7-11-33(12-8-19)21-14-22(32-24(31-21)25(26,27)28)34-13-9-20(34)23(35)30-10-6-17-2-4-18(15-29)5-3-17/h2-5,14,19-20H,6-13,16H2,1H3,(H,30,35)/t20-/m0/s1. The van der Waals surface area contributed by atoms with E-state index in [-0.39, 0.29) is 17.5 Å². The van der Waals surface area contributed by atoms with Crippen LogP contribution in [0, 0.1) is 17.2 Å². The van der Waals surface area contributed by atoms with Gasteiger partial charge < -0.3 is 19.9 Å². The number of carbonyl (C=O) groups excluding carboxylic acids is 1. The number of hydrogen-bond acceptors (Lipinski definition) is 7. The number of hydrogen-bond donors (Lipinski definition) is 1. The van der Waals surface area contributed by atoms with E-state index in [0.29, 0.717) is 57.1 Å². The highest BCUT2D eigenvalue weighted by molar-refractivity contribution is 5.86. The fourth-order valence-corrected chi connectivity index (χ4v) is 4.55. The molecular weight excluding hydrogens is 473 g/mol. The van der Waals surface area contributed by atoms with E-state index in [1.807, 2.05) is 17.0 Å². The van der Waals surface area contributed by atoms with Gasteiger partial charge in [-0.2, -0.15) is 18.4 Å². The van der Waals surface area contributed by atoms with Gasteiger partial charge >= 0.3 is 6.18 Å². The number of carbonyl (C=O) groups is 1. The van der Waals surface area contributed by atoms with Crippen LogP contribution in [-0.4, -0.2) is 61.8 Å². The van der Waals surface area contributed by atoms with Crippen molar-refractivity contribution in [2.24, 2.45) is 5.92 Å². The molecule has 0 saturated carbocycles. The summed E-state index contributed by atoms with van der Waals surface area (Å²) >= 11 is 0. The second-order valence-electron chi connectivity index (χ2n) is 9.14. The van der Waals surface area contributed by atoms with Crippen LogP contribution in [-0.2, 0) is 22.1 Å². The predicted molar refractivity (Wildman–Crippen MR) is 127 cm³/mol. The zero-order chi connectivity index (χ0) is 25.7. The molecule has 4 rings (SSSR count). The van der Waals surface area contributed by atoms with E-state index in [9.17, 15) is 18.0 Å². The van der Waals surface area contributed by atoms with Crippen LogP contribution in [0.3, 0.4) is 0 Å². The number of piperidine rings is 1. The van der Waals surface area contributed by atoms with Gasteiger partial charge in [0.1, 0.15) is 17.7 Å². The summed E-state index contributed by atoms with van der Waals surface area (Å²) in [5, 5.41) is 11.8. The molecule has 1 N–H and O–H groups in total. The predicted octanol–water partition coefficient (Wildman–Crippen LogP) is 3.17. The van der Waals surface area contributed by atoms with E-state index in [1.54, 1.807) is 30.2 Å². The molecule has 2 aromatic rings. The third kappa shape index (κ3) is 6.05. The van der Waals surface area contributed by atoms with Crippen molar-refractivity contribution in [2.45, 2.75) is 37.9 Å². The second kappa shape index (κ2) is 11.1. The number of rotatable bonds is 8. The lowest BCUT2D eigenvalue weighted by molar-refractivity contribution is -0.144. The number of nitrogens with one attached hydrogen (secondary N) is 1. The quantitative estimate of drug-likeness (QED) is 0.593. The van der Waals surface area contributed by atoms with Crippen molar-refractivity contribution in [1.82, 2.24) is 15.3 Å². The van der Waals surface area contributed by atoms with Gasteiger partial charge in [0.15, 0.2) is 0 Å². The number of alkyl halides is 3. The molecule has 8 nitrogen and oxygen atoms in total. The molecule has 1 amide bonds. The summed E-state index contributed by atoms with van der Waals surface area (Å²) in [6.07, 6.45) is -1.96. The first kappa shape index (κ1) is 25.7. The molecule has 0 radical (unpaired) electrons. The maximum Gasteiger partial charge on any atom is 0.451 e. The molecule has 1 atom stereocenters. The normalized spacial score (nSPS) is 18.5. The van der Waals surface area contributed by atoms with Crippen LogP contribution in [0.5, 0.6) is 0 Å². The molecule has 0 spiro atoms. The monoisotopic (exact) mass is 502 g/mol. The molecule has 36 heavy (non-hydrogen) atoms. The number of nitrogens with zero attached hydrogens (tertiary/aromatic N) is 5. The lowest BCUT2D eigenvalue weighted by Gasteiger charge is -2.41. The molecule has 2 aliphatic rings. The van der Waals surface area contributed by atoms with Crippen molar-refractivity contribution < 1.29 is 22.7 Å². The third-order valence-corrected chi connectivity index (χ3v) is 6.71. The van der Waals surface area contributed by atoms with Crippen molar-refractivity contribution in [2.75, 3.05) is 49.7 Å². The third-order valence-electron chi connectivity index (χ3n) is 6.71. The van der Waals surface area contributed by atoms with Gasteiger partial charge in [0.25, 0.3) is 0 Å². The molecule has 192 valence electrons. The fourth-order valence-electron chi connectivity index (χ4n) is 4.55. The maximum atomic E-state index is 13.6. The largest absolute Gasteiger partial charge is 0.451 e. The molecule has 3 heterocycles. The summed E-state index contributed by atoms with van der Waals surface area (Å²) in [4.78, 5) is 23.8. The number of halogens is 3. The molecular formula is C25H29F3N6O2. The Bertz CT molecular complexity index is 1090. The molecule has 11 heteroatoms. The Morgan fingerprint density at radius 1 is 1.14 bits per heavy atom. The van der Waals surface area contributed by atoms with E-state index in [1.165, 1.54) is 0 Å². The Labute approximate surface area is 208 Å². The summed E-state index contributed by atoms with van der Waals surface area (Å²) in [5.41, 5.74) is 1.54. The summed E-state index contributed by atoms with van der Waals surface area (Å²) in [6.45, 7) is 2.63. The van der Waals surface area contributed by atoms with Gasteiger partial charge in [-0.1, -0.05) is 12.1 Å². The van der Waals surface area contributed by atoms with E-state index >= 15 is 0 Å². The lowest BCUT2D eigenvalue weighted by Crippen LogP contribution is -2.57. The van der Waals surface area contributed by atoms with Crippen molar-refractivity contribution >= 4 is 17.5 Å². The molecule has 1 aromatic heterocycles. The number of anilines is 2. The Hall–Kier alpha value is -3.39. The van der Waals surface area contributed by atoms with Gasteiger partial charge in [-0.15, -0.1) is 0 Å². The fraction of sp³-hybridized carbons (Fsp3) is 0.520. The molecule has 0 aliphatic carbocycles. The van der Waals surface area contributed by atoms with Crippen LogP contribution in [0.4, 0.5) is 24.8 Å². The summed E-state index contributed by atoms with van der Waals surface area (Å²) in [7, 11) is 1.64. The Balaban J connectivity index is 1.42. The number of ether oxygens (including phenoxy) is 1. The number of aromatic nitrogens is 2. The molecule has 2 saturated heterocycles. The van der Waals surface area contributed by atoms with Crippen LogP contribution >= 0.6 is 0 Å². The Morgan fingerprint density at radius 3 is 2.42 bits per heavy atom. The summed E-state index contributed by atoms with van der Waals surface area (Å²) < 4.78 is 46.1. The number of nitriles is 1. The van der Waals surface area contributed by atoms with Gasteiger partial charge in [-0.05, 0) is 49.3 Å². The van der Waals surface area contributed by atoms with Crippen molar-refractivity contribution in [3.63, 3.8) is 0 Å². The topological polar surface area (TPSA) is 94.4 Å². The highest BCUT2D eigenvalue weighted by Gasteiger charge is 2.40. The second-order valence-corrected chi connectivity index (χ2v) is 9.14. The Morgan fingerprint density at radius 2 is 1.83 bits per heavy atom. The van der Waals surface area contributed by atoms with Crippen molar-refractivity contribution in [3.8, 4) is 6.07 Å². The summed E-state index contributed by atoms with van der Waals surface area (Å²) in [6, 6.07) is 10.1. The molecule has 2 fully saturated rings. The highest BCUT2D eigenvalue weighted by atomic mass is 19.4. The van der Waals surface area contributed by atoms with Crippen LogP contribution < -0.4 is 15.1 Å². The first-order chi connectivity index (χ1) is 17.3. The van der Waals surface area contributed by atoms with E-state index in [2.05, 4.69) is 21.4 Å². The van der Waals surface area contributed by atoms with Crippen LogP contribution in [0.2, 0.25) is 0 Å². The Kier molecular flexibility index (Phi) is 7.94. The first-order valence-electron chi connectivity index (χ1n) is 12.0. The molecule has 1 aromatic carbocycles. The number of methoxy groups -OCH3 is 1. The van der Waals surface area contributed by atoms with E-state index in [4.69, 9.17) is 10.00 Å². The average molecular weight is 503 g/mol. The SMILES string of the molecule is COCC1CCN(c2cc(N3CC[C@H]3C(=O)NCCc3ccc(C#N)cc3)nc(C(F)(F)F)n2)CC1. The minimum atomic E-state index is -4.69. The van der Waals surface area contributed by atoms with Crippen molar-refractivity contribution in [3.05, 3.63) is 47.3 Å². The van der Waals surface area contributed by atoms with E-state index < -0.39 is 18.0 Å². The molecule has 0 bridgehead atoms. The highest BCUT2D eigenvalue weighted by Crippen LogP contribution is 2.34. The van der Waals surface area contributed by atoms with Crippen LogP contribution in [0.1, 0.15) is 36.2 Å². The smallest absolute Gasteiger partial charge is 0.384 e.